The molecule has 1 saturated heterocycles. The number of rotatable bonds is 1. The van der Waals surface area contributed by atoms with Gasteiger partial charge in [-0.05, 0) is 0 Å². The second-order valence-electron chi connectivity index (χ2n) is 3.22. The number of hydrogen-bond donors (Lipinski definition) is 0. The molecule has 1 fully saturated rings. The smallest absolute Gasteiger partial charge is 0 e. The maximum absolute atomic E-state index is 5.64. The molecule has 0 saturated carbocycles. The Morgan fingerprint density at radius 3 is 2.27 bits per heavy atom. The van der Waals surface area contributed by atoms with Gasteiger partial charge in [-0.25, -0.2) is 0 Å². The molecule has 11 heavy (non-hydrogen) atoms. The Kier molecular flexibility index (Phi) is 4.76. The Hall–Kier alpha value is 1.06. The van der Waals surface area contributed by atoms with Crippen LogP contribution in [0.1, 0.15) is 27.2 Å². The quantitative estimate of drug-likeness (QED) is 0.626. The van der Waals surface area contributed by atoms with E-state index < -0.39 is 0 Å². The SMILES string of the molecule is [CH2-]C1(CC)O[C@@H](C)[CH-]C1C.[Y]. The van der Waals surface area contributed by atoms with Crippen molar-refractivity contribution in [2.24, 2.45) is 5.92 Å². The molecule has 0 bridgehead atoms. The fraction of sp³-hybridized carbons (Fsp3) is 0.778. The van der Waals surface area contributed by atoms with Crippen LogP contribution in [0.3, 0.4) is 0 Å². The Balaban J connectivity index is 0.000001000. The van der Waals surface area contributed by atoms with Crippen molar-refractivity contribution in [3.63, 3.8) is 0 Å². The number of hydrogen-bond acceptors (Lipinski definition) is 1. The van der Waals surface area contributed by atoms with Gasteiger partial charge < -0.3 is 11.7 Å². The monoisotopic (exact) mass is 229 g/mol. The molecule has 1 aliphatic rings. The Morgan fingerprint density at radius 1 is 1.55 bits per heavy atom. The zero-order chi connectivity index (χ0) is 7.78. The molecule has 0 amide bonds. The van der Waals surface area contributed by atoms with E-state index in [0.717, 1.165) is 6.42 Å². The molecule has 3 atom stereocenters. The van der Waals surface area contributed by atoms with E-state index in [0.29, 0.717) is 5.92 Å². The molecular weight excluding hydrogens is 213 g/mol. The first-order valence-electron chi connectivity index (χ1n) is 3.96. The van der Waals surface area contributed by atoms with E-state index in [2.05, 4.69) is 34.1 Å². The molecule has 0 aromatic carbocycles. The van der Waals surface area contributed by atoms with Crippen LogP contribution in [-0.4, -0.2) is 11.7 Å². The largest absolute Gasteiger partial charge is 0.438 e. The summed E-state index contributed by atoms with van der Waals surface area (Å²) >= 11 is 0. The van der Waals surface area contributed by atoms with Gasteiger partial charge in [-0.2, -0.15) is 5.92 Å². The third-order valence-electron chi connectivity index (χ3n) is 2.41. The summed E-state index contributed by atoms with van der Waals surface area (Å²) in [5.41, 5.74) is -0.139. The summed E-state index contributed by atoms with van der Waals surface area (Å²) in [5.74, 6) is 0.493. The fourth-order valence-corrected chi connectivity index (χ4v) is 1.50. The van der Waals surface area contributed by atoms with Crippen molar-refractivity contribution in [1.82, 2.24) is 0 Å². The average molecular weight is 229 g/mol. The van der Waals surface area contributed by atoms with E-state index in [1.54, 1.807) is 0 Å². The van der Waals surface area contributed by atoms with Gasteiger partial charge in [-0.1, -0.05) is 38.9 Å². The molecule has 0 aromatic rings. The van der Waals surface area contributed by atoms with E-state index in [4.69, 9.17) is 4.74 Å². The normalized spacial score (nSPS) is 43.6. The molecular formula is C9H16OY-2. The Bertz CT molecular complexity index is 127. The maximum atomic E-state index is 5.64. The zero-order valence-corrected chi connectivity index (χ0v) is 10.5. The third kappa shape index (κ3) is 2.50. The molecule has 2 heteroatoms. The Labute approximate surface area is 95.2 Å². The maximum Gasteiger partial charge on any atom is 0 e. The minimum Gasteiger partial charge on any atom is -0.438 e. The second-order valence-corrected chi connectivity index (χ2v) is 3.22. The van der Waals surface area contributed by atoms with Gasteiger partial charge in [0.1, 0.15) is 0 Å². The van der Waals surface area contributed by atoms with Crippen molar-refractivity contribution in [3.05, 3.63) is 13.3 Å². The first-order valence-corrected chi connectivity index (χ1v) is 3.96. The van der Waals surface area contributed by atoms with Gasteiger partial charge in [0.05, 0.1) is 0 Å². The summed E-state index contributed by atoms with van der Waals surface area (Å²) < 4.78 is 5.64. The molecule has 0 N–H and O–H groups in total. The minimum absolute atomic E-state index is 0. The summed E-state index contributed by atoms with van der Waals surface area (Å²) in [6.07, 6.45) is 3.50. The summed E-state index contributed by atoms with van der Waals surface area (Å²) in [6.45, 7) is 10.4. The minimum atomic E-state index is -0.139. The third-order valence-corrected chi connectivity index (χ3v) is 2.41. The molecule has 0 spiro atoms. The van der Waals surface area contributed by atoms with E-state index in [1.165, 1.54) is 0 Å². The van der Waals surface area contributed by atoms with Crippen molar-refractivity contribution in [1.29, 1.82) is 0 Å². The van der Waals surface area contributed by atoms with Crippen LogP contribution < -0.4 is 0 Å². The van der Waals surface area contributed by atoms with Gasteiger partial charge in [0.15, 0.2) is 0 Å². The first-order chi connectivity index (χ1) is 4.58. The predicted molar refractivity (Wildman–Crippen MR) is 42.4 cm³/mol. The van der Waals surface area contributed by atoms with E-state index in [1.807, 2.05) is 0 Å². The van der Waals surface area contributed by atoms with E-state index in [-0.39, 0.29) is 44.4 Å². The molecule has 2 unspecified atom stereocenters. The van der Waals surface area contributed by atoms with Crippen LogP contribution in [0.15, 0.2) is 0 Å². The standard InChI is InChI=1S/C9H16O.Y/c1-5-9(4)7(2)6-8(3)10-9;/h6-8H,4-5H2,1-3H3;/q-2;/t7?,8-,9?;/m0./s1. The molecule has 1 nitrogen and oxygen atoms in total. The zero-order valence-electron chi connectivity index (χ0n) is 7.63. The van der Waals surface area contributed by atoms with Crippen LogP contribution in [0, 0.1) is 19.3 Å². The van der Waals surface area contributed by atoms with Crippen molar-refractivity contribution in [2.45, 2.75) is 38.9 Å². The topological polar surface area (TPSA) is 9.23 Å². The summed E-state index contributed by atoms with van der Waals surface area (Å²) in [4.78, 5) is 0. The van der Waals surface area contributed by atoms with Gasteiger partial charge in [0.25, 0.3) is 0 Å². The van der Waals surface area contributed by atoms with E-state index in [9.17, 15) is 0 Å². The Morgan fingerprint density at radius 2 is 2.09 bits per heavy atom. The number of ether oxygens (including phenoxy) is 1. The van der Waals surface area contributed by atoms with Crippen molar-refractivity contribution in [3.8, 4) is 0 Å². The molecule has 63 valence electrons. The van der Waals surface area contributed by atoms with Crippen LogP contribution in [0.25, 0.3) is 0 Å². The first kappa shape index (κ1) is 12.1. The average Bonchev–Trinajstić information content (AvgIpc) is 2.09. The molecule has 1 radical (unpaired) electrons. The molecule has 1 rings (SSSR count). The van der Waals surface area contributed by atoms with Crippen molar-refractivity contribution < 1.29 is 37.4 Å². The predicted octanol–water partition coefficient (Wildman–Crippen LogP) is 2.23. The van der Waals surface area contributed by atoms with E-state index >= 15 is 0 Å². The van der Waals surface area contributed by atoms with Crippen LogP contribution in [-0.2, 0) is 37.4 Å². The molecule has 0 aliphatic carbocycles. The summed E-state index contributed by atoms with van der Waals surface area (Å²) in [6, 6.07) is 0. The van der Waals surface area contributed by atoms with Crippen LogP contribution in [0.4, 0.5) is 0 Å². The van der Waals surface area contributed by atoms with Crippen LogP contribution >= 0.6 is 0 Å². The molecule has 0 aromatic heterocycles. The molecule has 1 heterocycles. The van der Waals surface area contributed by atoms with Crippen LogP contribution in [0.5, 0.6) is 0 Å². The summed E-state index contributed by atoms with van der Waals surface area (Å²) in [7, 11) is 0. The van der Waals surface area contributed by atoms with Gasteiger partial charge in [-0.15, -0.1) is 0 Å². The summed E-state index contributed by atoms with van der Waals surface area (Å²) in [5, 5.41) is 0. The van der Waals surface area contributed by atoms with Crippen molar-refractivity contribution in [2.75, 3.05) is 0 Å². The van der Waals surface area contributed by atoms with Crippen molar-refractivity contribution >= 4 is 0 Å². The van der Waals surface area contributed by atoms with Gasteiger partial charge in [0.2, 0.25) is 0 Å². The second kappa shape index (κ2) is 4.34. The van der Waals surface area contributed by atoms with Gasteiger partial charge in [-0.3, -0.25) is 6.42 Å². The fourth-order valence-electron chi connectivity index (χ4n) is 1.50. The van der Waals surface area contributed by atoms with Crippen LogP contribution in [0.2, 0.25) is 0 Å². The van der Waals surface area contributed by atoms with Gasteiger partial charge >= 0.3 is 0 Å². The van der Waals surface area contributed by atoms with Gasteiger partial charge in [0, 0.05) is 32.7 Å². The molecule has 1 aliphatic heterocycles.